The Bertz CT molecular complexity index is 376. The van der Waals surface area contributed by atoms with Crippen LogP contribution in [0.4, 0.5) is 26.3 Å². The molecule has 0 fully saturated rings. The smallest absolute Gasteiger partial charge is 0.424 e. The monoisotopic (exact) mass is 391 g/mol. The van der Waals surface area contributed by atoms with Crippen molar-refractivity contribution in [2.24, 2.45) is 0 Å². The van der Waals surface area contributed by atoms with Crippen LogP contribution in [0.1, 0.15) is 47.0 Å². The fourth-order valence-electron chi connectivity index (χ4n) is 1.37. The molecule has 148 valence electrons. The van der Waals surface area contributed by atoms with Crippen LogP contribution < -0.4 is 10.6 Å². The normalized spacial score (nSPS) is 15.7. The Morgan fingerprint density at radius 3 is 1.46 bits per heavy atom. The van der Waals surface area contributed by atoms with Crippen molar-refractivity contribution in [3.8, 4) is 0 Å². The average molecular weight is 391 g/mol. The highest BCUT2D eigenvalue weighted by Gasteiger charge is 2.59. The van der Waals surface area contributed by atoms with Crippen LogP contribution in [0.25, 0.3) is 0 Å². The van der Waals surface area contributed by atoms with Crippen molar-refractivity contribution in [2.75, 3.05) is 6.61 Å². The Balaban J connectivity index is 0. The summed E-state index contributed by atoms with van der Waals surface area (Å²) in [6.07, 6.45) is -12.6. The molecule has 0 bridgehead atoms. The first-order valence-electron chi connectivity index (χ1n) is 7.21. The number of halogens is 6. The van der Waals surface area contributed by atoms with Crippen LogP contribution in [-0.4, -0.2) is 30.6 Å². The third-order valence-corrected chi connectivity index (χ3v) is 4.41. The van der Waals surface area contributed by atoms with Crippen molar-refractivity contribution in [1.29, 1.82) is 0 Å². The quantitative estimate of drug-likeness (QED) is 0.534. The zero-order valence-electron chi connectivity index (χ0n) is 14.0. The first-order valence-corrected chi connectivity index (χ1v) is 8.67. The minimum absolute atomic E-state index is 0.375. The molecule has 0 saturated heterocycles. The largest absolute Gasteiger partial charge is 0.756 e. The van der Waals surface area contributed by atoms with Gasteiger partial charge in [0.05, 0.1) is 12.1 Å². The van der Waals surface area contributed by atoms with Crippen molar-refractivity contribution in [3.05, 3.63) is 0 Å². The summed E-state index contributed by atoms with van der Waals surface area (Å²) >= 11 is 0. The third-order valence-electron chi connectivity index (χ3n) is 3.37. The molecule has 0 spiro atoms. The molecule has 0 radical (unpaired) electrons. The lowest BCUT2D eigenvalue weighted by Crippen LogP contribution is -2.71. The molecule has 1 unspecified atom stereocenters. The van der Waals surface area contributed by atoms with Crippen LogP contribution in [-0.2, 0) is 13.6 Å². The van der Waals surface area contributed by atoms with Gasteiger partial charge >= 0.3 is 12.4 Å². The first kappa shape index (κ1) is 25.9. The summed E-state index contributed by atoms with van der Waals surface area (Å²) in [5.74, 6) is 0. The zero-order chi connectivity index (χ0) is 19.8. The minimum Gasteiger partial charge on any atom is -0.756 e. The van der Waals surface area contributed by atoms with E-state index in [0.717, 1.165) is 6.92 Å². The molecule has 24 heavy (non-hydrogen) atoms. The number of phosphoric ester groups is 1. The summed E-state index contributed by atoms with van der Waals surface area (Å²) in [5.41, 5.74) is 4.50. The van der Waals surface area contributed by atoms with Crippen LogP contribution in [0.2, 0.25) is 0 Å². The van der Waals surface area contributed by atoms with Gasteiger partial charge in [-0.1, -0.05) is 20.8 Å². The predicted molar refractivity (Wildman–Crippen MR) is 72.7 cm³/mol. The van der Waals surface area contributed by atoms with E-state index in [2.05, 4.69) is 35.6 Å². The molecule has 0 heterocycles. The van der Waals surface area contributed by atoms with E-state index in [1.807, 2.05) is 0 Å². The molecule has 0 aromatic rings. The van der Waals surface area contributed by atoms with Crippen molar-refractivity contribution in [2.45, 2.75) is 71.0 Å². The summed E-state index contributed by atoms with van der Waals surface area (Å²) in [4.78, 5) is 10.5. The highest BCUT2D eigenvalue weighted by atomic mass is 31.2. The van der Waals surface area contributed by atoms with Crippen LogP contribution in [0.3, 0.4) is 0 Å². The van der Waals surface area contributed by atoms with Gasteiger partial charge in [0.25, 0.3) is 13.9 Å². The van der Waals surface area contributed by atoms with Crippen LogP contribution in [0, 0.1) is 0 Å². The molecule has 0 amide bonds. The van der Waals surface area contributed by atoms with E-state index in [1.165, 1.54) is 19.3 Å². The Morgan fingerprint density at radius 1 is 0.958 bits per heavy atom. The number of hydrogen-bond acceptors (Lipinski definition) is 4. The van der Waals surface area contributed by atoms with Crippen LogP contribution >= 0.6 is 7.82 Å². The summed E-state index contributed by atoms with van der Waals surface area (Å²) in [6, 6.07) is 0. The lowest BCUT2D eigenvalue weighted by Gasteiger charge is -2.29. The van der Waals surface area contributed by atoms with Crippen LogP contribution in [0.5, 0.6) is 0 Å². The molecule has 0 aliphatic rings. The molecule has 0 aliphatic heterocycles. The maximum Gasteiger partial charge on any atom is 0.424 e. The van der Waals surface area contributed by atoms with E-state index in [1.54, 1.807) is 0 Å². The molecule has 5 nitrogen and oxygen atoms in total. The maximum atomic E-state index is 11.8. The molecule has 3 N–H and O–H groups in total. The lowest BCUT2D eigenvalue weighted by atomic mass is 9.92. The topological polar surface area (TPSA) is 86.2 Å². The van der Waals surface area contributed by atoms with Gasteiger partial charge in [-0.3, -0.25) is 9.09 Å². The first-order chi connectivity index (χ1) is 10.6. The van der Waals surface area contributed by atoms with E-state index in [-0.39, 0.29) is 0 Å². The second-order valence-electron chi connectivity index (χ2n) is 4.99. The third kappa shape index (κ3) is 10.5. The predicted octanol–water partition coefficient (Wildman–Crippen LogP) is 3.20. The number of quaternary nitrogens is 1. The van der Waals surface area contributed by atoms with E-state index < -0.39 is 32.9 Å². The van der Waals surface area contributed by atoms with Gasteiger partial charge in [0.1, 0.15) is 0 Å². The lowest BCUT2D eigenvalue weighted by molar-refractivity contribution is -0.480. The van der Waals surface area contributed by atoms with E-state index >= 15 is 0 Å². The molecule has 0 aliphatic carbocycles. The van der Waals surface area contributed by atoms with Crippen molar-refractivity contribution in [1.82, 2.24) is 0 Å². The maximum absolute atomic E-state index is 11.8. The van der Waals surface area contributed by atoms with Crippen molar-refractivity contribution in [3.63, 3.8) is 0 Å². The summed E-state index contributed by atoms with van der Waals surface area (Å²) < 4.78 is 88.0. The minimum atomic E-state index is -5.89. The molecule has 0 aromatic carbocycles. The van der Waals surface area contributed by atoms with Crippen molar-refractivity contribution >= 4 is 7.82 Å². The van der Waals surface area contributed by atoms with E-state index in [0.29, 0.717) is 5.54 Å². The summed E-state index contributed by atoms with van der Waals surface area (Å²) in [7, 11) is -5.63. The molecule has 1 atom stereocenters. The average Bonchev–Trinajstić information content (AvgIpc) is 2.42. The van der Waals surface area contributed by atoms with Gasteiger partial charge in [-0.2, -0.15) is 26.3 Å². The Hall–Kier alpha value is -0.350. The van der Waals surface area contributed by atoms with Crippen LogP contribution in [0.15, 0.2) is 0 Å². The summed E-state index contributed by atoms with van der Waals surface area (Å²) in [6.45, 7) is 7.05. The van der Waals surface area contributed by atoms with Gasteiger partial charge in [0.2, 0.25) is 0 Å². The van der Waals surface area contributed by atoms with Crippen molar-refractivity contribution < 1.29 is 50.6 Å². The van der Waals surface area contributed by atoms with Gasteiger partial charge < -0.3 is 15.2 Å². The van der Waals surface area contributed by atoms with E-state index in [9.17, 15) is 35.8 Å². The molecule has 0 rings (SSSR count). The number of rotatable bonds is 7. The van der Waals surface area contributed by atoms with E-state index in [4.69, 9.17) is 0 Å². The Kier molecular flexibility index (Phi) is 10.7. The molecule has 0 aromatic heterocycles. The molecule has 0 saturated carbocycles. The molecular formula is C12H24F6NO4P. The molecule has 12 heteroatoms. The van der Waals surface area contributed by atoms with Gasteiger partial charge in [-0.25, -0.2) is 0 Å². The molecular weight excluding hydrogens is 367 g/mol. The Labute approximate surface area is 137 Å². The highest BCUT2D eigenvalue weighted by molar-refractivity contribution is 7.45. The SMILES string of the molecule is CCC([NH3+])(CC)CC.CCOP(=O)([O-])OC(C(F)(F)F)C(F)(F)F. The number of hydrogen-bond donors (Lipinski definition) is 1. The second-order valence-corrected chi connectivity index (χ2v) is 6.36. The highest BCUT2D eigenvalue weighted by Crippen LogP contribution is 2.47. The zero-order valence-corrected chi connectivity index (χ0v) is 14.9. The van der Waals surface area contributed by atoms with Gasteiger partial charge in [-0.15, -0.1) is 0 Å². The number of alkyl halides is 6. The standard InChI is InChI=1S/C7H17N.C5H7F6O4P/c1-4-7(8,5-2)6-3;1-2-14-16(12,13)15-3(4(6,7)8)5(9,10)11/h4-6,8H2,1-3H3;3H,2H2,1H3,(H,12,13). The summed E-state index contributed by atoms with van der Waals surface area (Å²) in [5, 5.41) is 0. The van der Waals surface area contributed by atoms with Gasteiger partial charge in [-0.05, 0) is 26.2 Å². The second kappa shape index (κ2) is 9.96. The fraction of sp³-hybridized carbons (Fsp3) is 1.00. The van der Waals surface area contributed by atoms with Gasteiger partial charge in [0.15, 0.2) is 0 Å². The number of phosphoric acid groups is 1. The van der Waals surface area contributed by atoms with Gasteiger partial charge in [0, 0.05) is 0 Å². The Morgan fingerprint density at radius 2 is 1.29 bits per heavy atom. The fourth-order valence-corrected chi connectivity index (χ4v) is 2.25.